The van der Waals surface area contributed by atoms with Crippen LogP contribution >= 0.6 is 0 Å². The molecule has 0 aromatic rings. The summed E-state index contributed by atoms with van der Waals surface area (Å²) in [6.45, 7) is 5.95. The lowest BCUT2D eigenvalue weighted by Gasteiger charge is -2.45. The molecule has 174 valence electrons. The zero-order valence-electron chi connectivity index (χ0n) is 18.3. The maximum atomic E-state index is 10.8. The first-order chi connectivity index (χ1) is 14.3. The van der Waals surface area contributed by atoms with Gasteiger partial charge in [-0.2, -0.15) is 0 Å². The highest BCUT2D eigenvalue weighted by molar-refractivity contribution is 5.46. The number of hydrogen-bond donors (Lipinski definition) is 6. The van der Waals surface area contributed by atoms with Crippen LogP contribution in [0.2, 0.25) is 0 Å². The van der Waals surface area contributed by atoms with Gasteiger partial charge in [-0.05, 0) is 12.8 Å². The number of aliphatic hydroxyl groups is 6. The molecule has 2 heterocycles. The van der Waals surface area contributed by atoms with Gasteiger partial charge in [-0.1, -0.05) is 39.5 Å². The van der Waals surface area contributed by atoms with Crippen molar-refractivity contribution in [3.05, 3.63) is 23.0 Å². The molecular formula is C22H40N2O6. The van der Waals surface area contributed by atoms with Crippen molar-refractivity contribution >= 4 is 0 Å². The van der Waals surface area contributed by atoms with E-state index in [-0.39, 0.29) is 0 Å². The fraction of sp³-hybridized carbons (Fsp3) is 0.818. The third-order valence-electron chi connectivity index (χ3n) is 6.05. The maximum Gasteiger partial charge on any atom is 0.112 e. The van der Waals surface area contributed by atoms with Crippen molar-refractivity contribution in [1.29, 1.82) is 0 Å². The van der Waals surface area contributed by atoms with E-state index in [4.69, 9.17) is 0 Å². The second-order valence-corrected chi connectivity index (χ2v) is 8.47. The van der Waals surface area contributed by atoms with E-state index in [0.29, 0.717) is 24.2 Å². The van der Waals surface area contributed by atoms with Crippen LogP contribution in [-0.4, -0.2) is 104 Å². The van der Waals surface area contributed by atoms with Crippen molar-refractivity contribution in [1.82, 2.24) is 9.80 Å². The van der Waals surface area contributed by atoms with Crippen molar-refractivity contribution in [3.63, 3.8) is 0 Å². The Morgan fingerprint density at radius 1 is 1.00 bits per heavy atom. The van der Waals surface area contributed by atoms with Crippen LogP contribution in [0.3, 0.4) is 0 Å². The van der Waals surface area contributed by atoms with E-state index in [1.165, 1.54) is 0 Å². The number of unbranched alkanes of at least 4 members (excludes halogenated alkanes) is 4. The average Bonchev–Trinajstić information content (AvgIpc) is 2.75. The first kappa shape index (κ1) is 25.1. The van der Waals surface area contributed by atoms with E-state index in [1.54, 1.807) is 6.20 Å². The summed E-state index contributed by atoms with van der Waals surface area (Å²) < 4.78 is 0. The molecule has 0 saturated carbocycles. The molecule has 0 aliphatic carbocycles. The zero-order chi connectivity index (χ0) is 22.3. The lowest BCUT2D eigenvalue weighted by molar-refractivity contribution is -0.0666. The highest BCUT2D eigenvalue weighted by atomic mass is 16.4. The van der Waals surface area contributed by atoms with Gasteiger partial charge < -0.3 is 40.4 Å². The summed E-state index contributed by atoms with van der Waals surface area (Å²) in [7, 11) is 0. The van der Waals surface area contributed by atoms with Crippen LogP contribution in [0.15, 0.2) is 23.0 Å². The van der Waals surface area contributed by atoms with Gasteiger partial charge in [0.1, 0.15) is 30.5 Å². The largest absolute Gasteiger partial charge is 0.394 e. The van der Waals surface area contributed by atoms with E-state index in [1.807, 2.05) is 0 Å². The molecule has 2 aliphatic rings. The minimum atomic E-state index is -1.61. The average molecular weight is 429 g/mol. The summed E-state index contributed by atoms with van der Waals surface area (Å²) in [5.74, 6) is 0. The molecule has 0 spiro atoms. The van der Waals surface area contributed by atoms with Crippen LogP contribution in [0.4, 0.5) is 0 Å². The Morgan fingerprint density at radius 2 is 1.63 bits per heavy atom. The van der Waals surface area contributed by atoms with Gasteiger partial charge in [-0.3, -0.25) is 0 Å². The molecule has 6 N–H and O–H groups in total. The van der Waals surface area contributed by atoms with Crippen LogP contribution in [0.1, 0.15) is 52.4 Å². The van der Waals surface area contributed by atoms with Crippen molar-refractivity contribution < 1.29 is 30.6 Å². The van der Waals surface area contributed by atoms with Gasteiger partial charge in [-0.15, -0.1) is 0 Å². The van der Waals surface area contributed by atoms with Crippen molar-refractivity contribution in [3.8, 4) is 0 Å². The fourth-order valence-corrected chi connectivity index (χ4v) is 4.22. The Morgan fingerprint density at radius 3 is 2.23 bits per heavy atom. The number of aliphatic hydroxyl groups excluding tert-OH is 6. The number of rotatable bonds is 12. The lowest BCUT2D eigenvalue weighted by Crippen LogP contribution is -2.52. The molecule has 0 bridgehead atoms. The van der Waals surface area contributed by atoms with Crippen LogP contribution in [0.25, 0.3) is 0 Å². The number of β-amino-alcohol motifs (C(OH)–C–C–N with tert-alkyl or cyclic N) is 1. The molecule has 0 unspecified atom stereocenters. The first-order valence-electron chi connectivity index (χ1n) is 11.3. The third-order valence-corrected chi connectivity index (χ3v) is 6.05. The van der Waals surface area contributed by atoms with Gasteiger partial charge >= 0.3 is 0 Å². The molecule has 8 nitrogen and oxygen atoms in total. The summed E-state index contributed by atoms with van der Waals surface area (Å²) in [6, 6.07) is 0. The van der Waals surface area contributed by atoms with Crippen molar-refractivity contribution in [2.24, 2.45) is 0 Å². The number of hydrogen-bond acceptors (Lipinski definition) is 8. The SMILES string of the molecule is CCCCCN1C=C([C@@H](O)[C@H](O)[C@H](O)CO)C2=C(C1)N(CCCCC)C[C@@H](O)[C@H]2O. The van der Waals surface area contributed by atoms with Gasteiger partial charge in [0.15, 0.2) is 0 Å². The van der Waals surface area contributed by atoms with Crippen LogP contribution in [0.5, 0.6) is 0 Å². The molecule has 0 fully saturated rings. The molecular weight excluding hydrogens is 388 g/mol. The number of nitrogens with zero attached hydrogens (tertiary/aromatic N) is 2. The predicted molar refractivity (Wildman–Crippen MR) is 114 cm³/mol. The molecule has 0 radical (unpaired) electrons. The van der Waals surface area contributed by atoms with E-state index in [2.05, 4.69) is 23.6 Å². The molecule has 8 heteroatoms. The van der Waals surface area contributed by atoms with Gasteiger partial charge in [-0.25, -0.2) is 0 Å². The molecule has 2 aliphatic heterocycles. The van der Waals surface area contributed by atoms with E-state index < -0.39 is 37.1 Å². The summed E-state index contributed by atoms with van der Waals surface area (Å²) in [5.41, 5.74) is 1.57. The van der Waals surface area contributed by atoms with Crippen molar-refractivity contribution in [2.75, 3.05) is 32.8 Å². The minimum absolute atomic E-state index is 0.291. The quantitative estimate of drug-likeness (QED) is 0.239. The fourth-order valence-electron chi connectivity index (χ4n) is 4.22. The van der Waals surface area contributed by atoms with Crippen molar-refractivity contribution in [2.45, 2.75) is 82.9 Å². The monoisotopic (exact) mass is 428 g/mol. The normalized spacial score (nSPS) is 25.1. The molecule has 30 heavy (non-hydrogen) atoms. The van der Waals surface area contributed by atoms with E-state index >= 15 is 0 Å². The topological polar surface area (TPSA) is 128 Å². The Balaban J connectivity index is 2.38. The summed E-state index contributed by atoms with van der Waals surface area (Å²) in [4.78, 5) is 4.13. The van der Waals surface area contributed by atoms with Crippen LogP contribution in [0, 0.1) is 0 Å². The second kappa shape index (κ2) is 12.0. The second-order valence-electron chi connectivity index (χ2n) is 8.47. The molecule has 0 aromatic carbocycles. The summed E-state index contributed by atoms with van der Waals surface area (Å²) >= 11 is 0. The molecule has 2 rings (SSSR count). The highest BCUT2D eigenvalue weighted by Gasteiger charge is 2.41. The lowest BCUT2D eigenvalue weighted by atomic mass is 9.84. The molecule has 0 aromatic heterocycles. The summed E-state index contributed by atoms with van der Waals surface area (Å²) in [5, 5.41) is 61.4. The van der Waals surface area contributed by atoms with Gasteiger partial charge in [0.25, 0.3) is 0 Å². The Kier molecular flexibility index (Phi) is 10.1. The van der Waals surface area contributed by atoms with Crippen LogP contribution < -0.4 is 0 Å². The van der Waals surface area contributed by atoms with Gasteiger partial charge in [0.2, 0.25) is 0 Å². The Hall–Kier alpha value is -1.16. The smallest absolute Gasteiger partial charge is 0.112 e. The van der Waals surface area contributed by atoms with Crippen LogP contribution in [-0.2, 0) is 0 Å². The molecule has 0 saturated heterocycles. The predicted octanol–water partition coefficient (Wildman–Crippen LogP) is -0.0672. The Labute approximate surface area is 179 Å². The molecule has 0 amide bonds. The Bertz CT molecular complexity index is 596. The van der Waals surface area contributed by atoms with Gasteiger partial charge in [0.05, 0.1) is 13.2 Å². The third kappa shape index (κ3) is 5.96. The summed E-state index contributed by atoms with van der Waals surface area (Å²) in [6.07, 6.45) is 1.14. The standard InChI is InChI=1S/C22H40N2O6/c1-3-5-7-9-23-11-15(20(28)22(30)18(27)14-25)19-16(12-23)24(10-8-6-4-2)13-17(26)21(19)29/h11,17-18,20-22,25-30H,3-10,12-14H2,1-2H3/t17-,18-,20-,21-,22-/m1/s1. The van der Waals surface area contributed by atoms with E-state index in [9.17, 15) is 30.6 Å². The highest BCUT2D eigenvalue weighted by Crippen LogP contribution is 2.35. The maximum absolute atomic E-state index is 10.8. The first-order valence-corrected chi connectivity index (χ1v) is 11.3. The molecule has 5 atom stereocenters. The minimum Gasteiger partial charge on any atom is -0.394 e. The van der Waals surface area contributed by atoms with Gasteiger partial charge in [0, 0.05) is 42.7 Å². The zero-order valence-corrected chi connectivity index (χ0v) is 18.3. The van der Waals surface area contributed by atoms with E-state index in [0.717, 1.165) is 57.3 Å².